The zero-order chi connectivity index (χ0) is 19.5. The van der Waals surface area contributed by atoms with E-state index in [1.807, 2.05) is 31.3 Å². The van der Waals surface area contributed by atoms with Crippen molar-refractivity contribution in [2.45, 2.75) is 18.9 Å². The van der Waals surface area contributed by atoms with Crippen molar-refractivity contribution < 1.29 is 14.3 Å². The molecule has 0 aromatic heterocycles. The van der Waals surface area contributed by atoms with Crippen LogP contribution in [0.3, 0.4) is 0 Å². The summed E-state index contributed by atoms with van der Waals surface area (Å²) >= 11 is 0. The van der Waals surface area contributed by atoms with Gasteiger partial charge in [0.1, 0.15) is 6.29 Å². The van der Waals surface area contributed by atoms with Crippen LogP contribution in [0.15, 0.2) is 24.3 Å². The highest BCUT2D eigenvalue weighted by atomic mass is 16.5. The van der Waals surface area contributed by atoms with Gasteiger partial charge >= 0.3 is 5.97 Å². The quantitative estimate of drug-likeness (QED) is 0.580. The minimum Gasteiger partial charge on any atom is -0.468 e. The van der Waals surface area contributed by atoms with Crippen LogP contribution < -0.4 is 15.5 Å². The van der Waals surface area contributed by atoms with Gasteiger partial charge < -0.3 is 20.3 Å². The molecule has 2 heterocycles. The largest absolute Gasteiger partial charge is 0.468 e. The average molecular weight is 377 g/mol. The molecule has 150 valence electrons. The fourth-order valence-electron chi connectivity index (χ4n) is 3.31. The van der Waals surface area contributed by atoms with E-state index in [1.54, 1.807) is 0 Å². The van der Waals surface area contributed by atoms with Crippen LogP contribution >= 0.6 is 0 Å². The summed E-state index contributed by atoms with van der Waals surface area (Å²) in [4.78, 5) is 25.9. The maximum atomic E-state index is 11.0. The molecular formula is C20H32N4O3. The zero-order valence-corrected chi connectivity index (χ0v) is 16.4. The van der Waals surface area contributed by atoms with E-state index < -0.39 is 0 Å². The lowest BCUT2D eigenvalue weighted by Gasteiger charge is -2.30. The van der Waals surface area contributed by atoms with Crippen LogP contribution in [0.4, 0.5) is 5.69 Å². The number of piperazine rings is 1. The van der Waals surface area contributed by atoms with Gasteiger partial charge in [-0.05, 0) is 44.2 Å². The standard InChI is InChI=1S/C11H14N2O.C9H18N2O2/c14-9-10-1-3-11(4-2-10)13-7-5-12-6-8-13;1-10-8-3-5-11(6-4-8)7-9(12)13-2/h1-4,9,12H,5-8H2;8,10H,3-7H2,1-2H3. The number of benzene rings is 1. The molecule has 7 heteroatoms. The molecule has 0 bridgehead atoms. The van der Waals surface area contributed by atoms with Gasteiger partial charge in [0.2, 0.25) is 0 Å². The number of ether oxygens (including phenoxy) is 1. The molecule has 3 rings (SSSR count). The third-order valence-corrected chi connectivity index (χ3v) is 5.09. The number of anilines is 1. The van der Waals surface area contributed by atoms with Crippen molar-refractivity contribution in [1.29, 1.82) is 0 Å². The molecule has 0 radical (unpaired) electrons. The van der Waals surface area contributed by atoms with Gasteiger partial charge in [-0.3, -0.25) is 14.5 Å². The molecule has 0 aliphatic carbocycles. The summed E-state index contributed by atoms with van der Waals surface area (Å²) in [7, 11) is 3.42. The van der Waals surface area contributed by atoms with Crippen LogP contribution in [-0.2, 0) is 9.53 Å². The summed E-state index contributed by atoms with van der Waals surface area (Å²) in [5, 5.41) is 6.56. The number of nitrogens with zero attached hydrogens (tertiary/aromatic N) is 2. The van der Waals surface area contributed by atoms with Crippen molar-refractivity contribution >= 4 is 17.9 Å². The lowest BCUT2D eigenvalue weighted by Crippen LogP contribution is -2.43. The topological polar surface area (TPSA) is 73.9 Å². The Kier molecular flexibility index (Phi) is 9.24. The molecule has 2 aliphatic heterocycles. The number of hydrogen-bond donors (Lipinski definition) is 2. The first-order valence-electron chi connectivity index (χ1n) is 9.63. The molecule has 1 aromatic rings. The first kappa shape index (κ1) is 21.3. The van der Waals surface area contributed by atoms with Crippen molar-refractivity contribution in [3.05, 3.63) is 29.8 Å². The summed E-state index contributed by atoms with van der Waals surface area (Å²) in [6, 6.07) is 8.37. The summed E-state index contributed by atoms with van der Waals surface area (Å²) in [6.45, 7) is 6.57. The number of aldehydes is 1. The third-order valence-electron chi connectivity index (χ3n) is 5.09. The monoisotopic (exact) mass is 376 g/mol. The smallest absolute Gasteiger partial charge is 0.319 e. The highest BCUT2D eigenvalue weighted by Crippen LogP contribution is 2.14. The van der Waals surface area contributed by atoms with E-state index >= 15 is 0 Å². The van der Waals surface area contributed by atoms with E-state index in [0.29, 0.717) is 12.6 Å². The van der Waals surface area contributed by atoms with Crippen LogP contribution in [0, 0.1) is 0 Å². The van der Waals surface area contributed by atoms with Gasteiger partial charge in [0.15, 0.2) is 0 Å². The molecular weight excluding hydrogens is 344 g/mol. The summed E-state index contributed by atoms with van der Waals surface area (Å²) in [6.07, 6.45) is 3.11. The second kappa shape index (κ2) is 11.7. The minimum absolute atomic E-state index is 0.136. The molecule has 7 nitrogen and oxygen atoms in total. The van der Waals surface area contributed by atoms with E-state index in [2.05, 4.69) is 25.2 Å². The van der Waals surface area contributed by atoms with Gasteiger partial charge in [-0.15, -0.1) is 0 Å². The Hall–Kier alpha value is -1.96. The van der Waals surface area contributed by atoms with Crippen molar-refractivity contribution in [1.82, 2.24) is 15.5 Å². The number of carbonyl (C=O) groups excluding carboxylic acids is 2. The Morgan fingerprint density at radius 3 is 2.33 bits per heavy atom. The number of piperidine rings is 1. The molecule has 2 saturated heterocycles. The molecule has 2 N–H and O–H groups in total. The van der Waals surface area contributed by atoms with Crippen molar-refractivity contribution in [3.8, 4) is 0 Å². The lowest BCUT2D eigenvalue weighted by atomic mass is 10.1. The highest BCUT2D eigenvalue weighted by molar-refractivity contribution is 5.75. The normalized spacial score (nSPS) is 18.4. The van der Waals surface area contributed by atoms with Gasteiger partial charge in [0.25, 0.3) is 0 Å². The van der Waals surface area contributed by atoms with Crippen LogP contribution in [0.5, 0.6) is 0 Å². The van der Waals surface area contributed by atoms with Crippen LogP contribution in [0.1, 0.15) is 23.2 Å². The Labute approximate surface area is 162 Å². The summed E-state index contributed by atoms with van der Waals surface area (Å²) in [5.74, 6) is -0.136. The molecule has 0 atom stereocenters. The maximum absolute atomic E-state index is 11.0. The lowest BCUT2D eigenvalue weighted by molar-refractivity contribution is -0.142. The molecule has 2 aliphatic rings. The van der Waals surface area contributed by atoms with Crippen LogP contribution in [0.25, 0.3) is 0 Å². The van der Waals surface area contributed by atoms with Crippen LogP contribution in [0.2, 0.25) is 0 Å². The predicted octanol–water partition coefficient (Wildman–Crippen LogP) is 0.752. The van der Waals surface area contributed by atoms with Gasteiger partial charge in [0.05, 0.1) is 13.7 Å². The summed E-state index contributed by atoms with van der Waals surface area (Å²) < 4.78 is 4.61. The number of nitrogens with one attached hydrogen (secondary N) is 2. The van der Waals surface area contributed by atoms with E-state index in [0.717, 1.165) is 64.0 Å². The molecule has 0 spiro atoms. The first-order valence-corrected chi connectivity index (χ1v) is 9.63. The summed E-state index contributed by atoms with van der Waals surface area (Å²) in [5.41, 5.74) is 1.95. The van der Waals surface area contributed by atoms with E-state index in [4.69, 9.17) is 0 Å². The fourth-order valence-corrected chi connectivity index (χ4v) is 3.31. The third kappa shape index (κ3) is 7.28. The van der Waals surface area contributed by atoms with E-state index in [-0.39, 0.29) is 5.97 Å². The Bertz CT molecular complexity index is 565. The van der Waals surface area contributed by atoms with Gasteiger partial charge in [-0.25, -0.2) is 0 Å². The van der Waals surface area contributed by atoms with Gasteiger partial charge in [-0.2, -0.15) is 0 Å². The number of hydrogen-bond acceptors (Lipinski definition) is 7. The average Bonchev–Trinajstić information content (AvgIpc) is 2.75. The fraction of sp³-hybridized carbons (Fsp3) is 0.600. The Balaban J connectivity index is 0.000000194. The molecule has 2 fully saturated rings. The van der Waals surface area contributed by atoms with Gasteiger partial charge in [-0.1, -0.05) is 0 Å². The van der Waals surface area contributed by atoms with Crippen molar-refractivity contribution in [2.24, 2.45) is 0 Å². The number of rotatable bonds is 5. The second-order valence-corrected chi connectivity index (χ2v) is 6.86. The van der Waals surface area contributed by atoms with Gasteiger partial charge in [0, 0.05) is 56.6 Å². The first-order chi connectivity index (χ1) is 13.2. The highest BCUT2D eigenvalue weighted by Gasteiger charge is 2.19. The van der Waals surface area contributed by atoms with Crippen LogP contribution in [-0.4, -0.2) is 83.2 Å². The Morgan fingerprint density at radius 2 is 1.81 bits per heavy atom. The number of esters is 1. The molecule has 27 heavy (non-hydrogen) atoms. The maximum Gasteiger partial charge on any atom is 0.319 e. The number of carbonyl (C=O) groups is 2. The zero-order valence-electron chi connectivity index (χ0n) is 16.4. The molecule has 0 saturated carbocycles. The van der Waals surface area contributed by atoms with Crippen molar-refractivity contribution in [3.63, 3.8) is 0 Å². The van der Waals surface area contributed by atoms with E-state index in [9.17, 15) is 9.59 Å². The molecule has 0 amide bonds. The van der Waals surface area contributed by atoms with Crippen molar-refractivity contribution in [2.75, 3.05) is 64.9 Å². The predicted molar refractivity (Wildman–Crippen MR) is 107 cm³/mol. The number of methoxy groups -OCH3 is 1. The number of likely N-dealkylation sites (tertiary alicyclic amines) is 1. The second-order valence-electron chi connectivity index (χ2n) is 6.86. The minimum atomic E-state index is -0.136. The van der Waals surface area contributed by atoms with E-state index in [1.165, 1.54) is 12.8 Å². The SMILES string of the molecule is CNC1CCN(CC(=O)OC)CC1.O=Cc1ccc(N2CCNCC2)cc1. The Morgan fingerprint density at radius 1 is 1.19 bits per heavy atom. The molecule has 0 unspecified atom stereocenters. The molecule has 1 aromatic carbocycles.